The van der Waals surface area contributed by atoms with Gasteiger partial charge < -0.3 is 19.4 Å². The Kier molecular flexibility index (Phi) is 6.28. The Morgan fingerprint density at radius 1 is 1.09 bits per heavy atom. The zero-order valence-corrected chi connectivity index (χ0v) is 20.3. The number of thiazole rings is 1. The molecule has 0 atom stereocenters. The van der Waals surface area contributed by atoms with E-state index >= 15 is 0 Å². The molecule has 0 aliphatic carbocycles. The highest BCUT2D eigenvalue weighted by Gasteiger charge is 2.28. The van der Waals surface area contributed by atoms with Gasteiger partial charge in [0.2, 0.25) is 0 Å². The van der Waals surface area contributed by atoms with Crippen LogP contribution in [0.3, 0.4) is 0 Å². The van der Waals surface area contributed by atoms with Crippen LogP contribution in [0.5, 0.6) is 0 Å². The standard InChI is InChI=1S/C23H24ClN5O4S/c1-15-2-4-17(24)21-20(15)25-23(34-21)28-8-6-27(7-9-28)22(30)16-3-5-18(19(14-16)29(31)32)26-10-12-33-13-11-26/h2-5,14H,6-13H2,1H3. The average Bonchev–Trinajstić information content (AvgIpc) is 3.33. The highest BCUT2D eigenvalue weighted by atomic mass is 35.5. The normalized spacial score (nSPS) is 16.8. The van der Waals surface area contributed by atoms with E-state index in [1.54, 1.807) is 28.4 Å². The van der Waals surface area contributed by atoms with Crippen LogP contribution in [0.2, 0.25) is 5.02 Å². The van der Waals surface area contributed by atoms with E-state index in [2.05, 4.69) is 4.90 Å². The first-order valence-electron chi connectivity index (χ1n) is 11.1. The fourth-order valence-electron chi connectivity index (χ4n) is 4.38. The third kappa shape index (κ3) is 4.28. The van der Waals surface area contributed by atoms with Gasteiger partial charge in [-0.1, -0.05) is 29.0 Å². The Bertz CT molecular complexity index is 1210. The van der Waals surface area contributed by atoms with Gasteiger partial charge in [-0.15, -0.1) is 0 Å². The second-order valence-corrected chi connectivity index (χ2v) is 9.76. The maximum absolute atomic E-state index is 13.2. The summed E-state index contributed by atoms with van der Waals surface area (Å²) in [5.41, 5.74) is 2.81. The zero-order chi connectivity index (χ0) is 23.8. The second-order valence-electron chi connectivity index (χ2n) is 8.38. The molecule has 9 nitrogen and oxygen atoms in total. The number of carbonyl (C=O) groups is 1. The van der Waals surface area contributed by atoms with Crippen molar-refractivity contribution >= 4 is 55.6 Å². The Morgan fingerprint density at radius 2 is 1.82 bits per heavy atom. The molecule has 2 fully saturated rings. The minimum Gasteiger partial charge on any atom is -0.378 e. The highest BCUT2D eigenvalue weighted by Crippen LogP contribution is 2.36. The van der Waals surface area contributed by atoms with E-state index in [1.165, 1.54) is 6.07 Å². The molecule has 0 unspecified atom stereocenters. The molecule has 2 aliphatic rings. The van der Waals surface area contributed by atoms with Gasteiger partial charge in [0.15, 0.2) is 5.13 Å². The number of aryl methyl sites for hydroxylation is 1. The number of morpholine rings is 1. The summed E-state index contributed by atoms with van der Waals surface area (Å²) in [5, 5.41) is 13.3. The first-order valence-corrected chi connectivity index (χ1v) is 12.3. The Balaban J connectivity index is 1.30. The van der Waals surface area contributed by atoms with Crippen molar-refractivity contribution in [2.24, 2.45) is 0 Å². The molecule has 0 bridgehead atoms. The lowest BCUT2D eigenvalue weighted by atomic mass is 10.1. The van der Waals surface area contributed by atoms with Crippen molar-refractivity contribution in [3.63, 3.8) is 0 Å². The summed E-state index contributed by atoms with van der Waals surface area (Å²) in [7, 11) is 0. The minimum absolute atomic E-state index is 0.0480. The number of amides is 1. The number of hydrogen-bond donors (Lipinski definition) is 0. The number of benzene rings is 2. The minimum atomic E-state index is -0.417. The quantitative estimate of drug-likeness (QED) is 0.394. The predicted molar refractivity (Wildman–Crippen MR) is 134 cm³/mol. The van der Waals surface area contributed by atoms with Crippen LogP contribution < -0.4 is 9.80 Å². The van der Waals surface area contributed by atoms with Crippen molar-refractivity contribution in [1.82, 2.24) is 9.88 Å². The maximum Gasteiger partial charge on any atom is 0.293 e. The number of anilines is 2. The van der Waals surface area contributed by atoms with Crippen molar-refractivity contribution in [3.8, 4) is 0 Å². The number of piperazine rings is 1. The van der Waals surface area contributed by atoms with E-state index in [0.717, 1.165) is 20.9 Å². The molecule has 34 heavy (non-hydrogen) atoms. The van der Waals surface area contributed by atoms with E-state index < -0.39 is 4.92 Å². The van der Waals surface area contributed by atoms with Gasteiger partial charge in [0.1, 0.15) is 5.69 Å². The number of hydrogen-bond acceptors (Lipinski definition) is 8. The summed E-state index contributed by atoms with van der Waals surface area (Å²) in [4.78, 5) is 35.1. The molecule has 2 saturated heterocycles. The summed E-state index contributed by atoms with van der Waals surface area (Å²) < 4.78 is 6.32. The number of halogens is 1. The molecule has 0 radical (unpaired) electrons. The molecule has 1 amide bonds. The number of rotatable bonds is 4. The third-order valence-corrected chi connectivity index (χ3v) is 7.87. The number of aromatic nitrogens is 1. The van der Waals surface area contributed by atoms with E-state index in [1.807, 2.05) is 24.0 Å². The van der Waals surface area contributed by atoms with Gasteiger partial charge in [-0.25, -0.2) is 4.98 Å². The summed E-state index contributed by atoms with van der Waals surface area (Å²) >= 11 is 7.91. The van der Waals surface area contributed by atoms with Crippen LogP contribution in [0.25, 0.3) is 10.2 Å². The summed E-state index contributed by atoms with van der Waals surface area (Å²) in [6, 6.07) is 8.62. The van der Waals surface area contributed by atoms with Crippen LogP contribution >= 0.6 is 22.9 Å². The van der Waals surface area contributed by atoms with Gasteiger partial charge in [-0.05, 0) is 30.7 Å². The lowest BCUT2D eigenvalue weighted by molar-refractivity contribution is -0.384. The fraction of sp³-hybridized carbons (Fsp3) is 0.391. The number of nitro groups is 1. The fourth-order valence-corrected chi connectivity index (χ4v) is 5.75. The number of ether oxygens (including phenoxy) is 1. The number of fused-ring (bicyclic) bond motifs is 1. The first-order chi connectivity index (χ1) is 16.4. The highest BCUT2D eigenvalue weighted by molar-refractivity contribution is 7.22. The van der Waals surface area contributed by atoms with Crippen LogP contribution in [0.1, 0.15) is 15.9 Å². The van der Waals surface area contributed by atoms with Crippen molar-refractivity contribution in [1.29, 1.82) is 0 Å². The molecule has 3 heterocycles. The van der Waals surface area contributed by atoms with E-state index in [-0.39, 0.29) is 11.6 Å². The van der Waals surface area contributed by atoms with Gasteiger partial charge in [-0.3, -0.25) is 14.9 Å². The molecule has 2 aliphatic heterocycles. The monoisotopic (exact) mass is 501 g/mol. The molecule has 178 valence electrons. The Labute approximate surface area is 205 Å². The van der Waals surface area contributed by atoms with Gasteiger partial charge in [-0.2, -0.15) is 0 Å². The molecule has 1 aromatic heterocycles. The SMILES string of the molecule is Cc1ccc(Cl)c2sc(N3CCN(C(=O)c4ccc(N5CCOCC5)c([N+](=O)[O-])c4)CC3)nc12. The first kappa shape index (κ1) is 22.8. The van der Waals surface area contributed by atoms with Gasteiger partial charge in [0.25, 0.3) is 11.6 Å². The summed E-state index contributed by atoms with van der Waals surface area (Å²) in [5.74, 6) is -0.195. The summed E-state index contributed by atoms with van der Waals surface area (Å²) in [6.07, 6.45) is 0. The van der Waals surface area contributed by atoms with Crippen molar-refractivity contribution in [2.75, 3.05) is 62.3 Å². The summed E-state index contributed by atoms with van der Waals surface area (Å²) in [6.45, 7) is 6.56. The van der Waals surface area contributed by atoms with Crippen molar-refractivity contribution in [2.45, 2.75) is 6.92 Å². The molecular formula is C23H24ClN5O4S. The lowest BCUT2D eigenvalue weighted by Gasteiger charge is -2.34. The Hall–Kier alpha value is -2.95. The molecule has 0 spiro atoms. The number of nitro benzene ring substituents is 1. The maximum atomic E-state index is 13.2. The molecule has 5 rings (SSSR count). The average molecular weight is 502 g/mol. The van der Waals surface area contributed by atoms with E-state index in [9.17, 15) is 14.9 Å². The number of nitrogens with zero attached hydrogens (tertiary/aromatic N) is 5. The molecule has 0 N–H and O–H groups in total. The molecule has 2 aromatic carbocycles. The van der Waals surface area contributed by atoms with Gasteiger partial charge in [0.05, 0.1) is 33.4 Å². The smallest absolute Gasteiger partial charge is 0.293 e. The van der Waals surface area contributed by atoms with Crippen LogP contribution in [0.15, 0.2) is 30.3 Å². The van der Waals surface area contributed by atoms with Crippen molar-refractivity contribution < 1.29 is 14.5 Å². The molecule has 0 saturated carbocycles. The van der Waals surface area contributed by atoms with Gasteiger partial charge in [0, 0.05) is 50.9 Å². The topological polar surface area (TPSA) is 92.0 Å². The van der Waals surface area contributed by atoms with E-state index in [4.69, 9.17) is 21.3 Å². The van der Waals surface area contributed by atoms with E-state index in [0.29, 0.717) is 68.8 Å². The van der Waals surface area contributed by atoms with Gasteiger partial charge >= 0.3 is 0 Å². The third-order valence-electron chi connectivity index (χ3n) is 6.29. The lowest BCUT2D eigenvalue weighted by Crippen LogP contribution is -2.48. The zero-order valence-electron chi connectivity index (χ0n) is 18.7. The van der Waals surface area contributed by atoms with Crippen LogP contribution in [-0.2, 0) is 4.74 Å². The largest absolute Gasteiger partial charge is 0.378 e. The molecule has 3 aromatic rings. The second kappa shape index (κ2) is 9.36. The molecule has 11 heteroatoms. The Morgan fingerprint density at radius 3 is 2.50 bits per heavy atom. The number of carbonyl (C=O) groups excluding carboxylic acids is 1. The molecular weight excluding hydrogens is 478 g/mol. The van der Waals surface area contributed by atoms with Crippen LogP contribution in [-0.4, -0.2) is 73.2 Å². The van der Waals surface area contributed by atoms with Crippen molar-refractivity contribution in [3.05, 3.63) is 56.6 Å². The van der Waals surface area contributed by atoms with Crippen LogP contribution in [0.4, 0.5) is 16.5 Å². The predicted octanol–water partition coefficient (Wildman–Crippen LogP) is 3.97. The van der Waals surface area contributed by atoms with Crippen LogP contribution in [0, 0.1) is 17.0 Å².